The van der Waals surface area contributed by atoms with Gasteiger partial charge in [-0.1, -0.05) is 24.3 Å². The molecule has 1 aromatic heterocycles. The molecule has 0 saturated carbocycles. The van der Waals surface area contributed by atoms with Gasteiger partial charge in [-0.05, 0) is 18.5 Å². The average molecular weight is 245 g/mol. The van der Waals surface area contributed by atoms with Crippen LogP contribution >= 0.6 is 0 Å². The maximum Gasteiger partial charge on any atom is 0.354 e. The van der Waals surface area contributed by atoms with Crippen LogP contribution in [0.3, 0.4) is 0 Å². The molecule has 0 fully saturated rings. The number of carboxylic acids is 1. The maximum atomic E-state index is 10.9. The molecule has 0 bridgehead atoms. The van der Waals surface area contributed by atoms with Crippen molar-refractivity contribution in [1.29, 1.82) is 0 Å². The maximum absolute atomic E-state index is 10.9. The van der Waals surface area contributed by atoms with E-state index in [9.17, 15) is 4.79 Å². The fourth-order valence-electron chi connectivity index (χ4n) is 1.86. The van der Waals surface area contributed by atoms with Crippen LogP contribution in [-0.4, -0.2) is 27.2 Å². The van der Waals surface area contributed by atoms with Crippen molar-refractivity contribution in [3.8, 4) is 11.4 Å². The number of hydrogen-bond acceptors (Lipinski definition) is 3. The molecule has 0 aliphatic heterocycles. The lowest BCUT2D eigenvalue weighted by Crippen LogP contribution is -2.05. The monoisotopic (exact) mass is 245 g/mol. The molecule has 0 unspecified atom stereocenters. The van der Waals surface area contributed by atoms with Gasteiger partial charge in [0.2, 0.25) is 0 Å². The normalized spacial score (nSPS) is 10.6. The van der Waals surface area contributed by atoms with E-state index in [1.807, 2.05) is 24.3 Å². The van der Waals surface area contributed by atoms with Crippen molar-refractivity contribution in [3.63, 3.8) is 0 Å². The van der Waals surface area contributed by atoms with Gasteiger partial charge in [0.25, 0.3) is 0 Å². The van der Waals surface area contributed by atoms with Crippen LogP contribution in [0.2, 0.25) is 0 Å². The van der Waals surface area contributed by atoms with Crippen LogP contribution < -0.4 is 5.73 Å². The van der Waals surface area contributed by atoms with Gasteiger partial charge in [-0.3, -0.25) is 0 Å². The number of hydrogen-bond donors (Lipinski definition) is 2. The Bertz CT molecular complexity index is 558. The van der Waals surface area contributed by atoms with E-state index in [1.54, 1.807) is 11.6 Å². The third kappa shape index (κ3) is 2.26. The van der Waals surface area contributed by atoms with Gasteiger partial charge < -0.3 is 15.4 Å². The summed E-state index contributed by atoms with van der Waals surface area (Å²) in [6, 6.07) is 7.83. The number of rotatable bonds is 4. The third-order valence-electron chi connectivity index (χ3n) is 2.85. The van der Waals surface area contributed by atoms with Gasteiger partial charge in [0, 0.05) is 12.6 Å². The summed E-state index contributed by atoms with van der Waals surface area (Å²) in [4.78, 5) is 15.1. The second-order valence-corrected chi connectivity index (χ2v) is 4.07. The molecule has 1 aromatic carbocycles. The molecule has 1 heterocycles. The number of carbonyl (C=O) groups is 1. The van der Waals surface area contributed by atoms with E-state index >= 15 is 0 Å². The molecule has 5 heteroatoms. The number of imidazole rings is 1. The van der Waals surface area contributed by atoms with Gasteiger partial charge >= 0.3 is 5.97 Å². The first-order valence-corrected chi connectivity index (χ1v) is 5.68. The van der Waals surface area contributed by atoms with Gasteiger partial charge in [0.15, 0.2) is 0 Å². The molecule has 0 aliphatic rings. The van der Waals surface area contributed by atoms with E-state index in [4.69, 9.17) is 10.8 Å². The fourth-order valence-corrected chi connectivity index (χ4v) is 1.86. The summed E-state index contributed by atoms with van der Waals surface area (Å²) in [5, 5.41) is 8.97. The van der Waals surface area contributed by atoms with Crippen molar-refractivity contribution in [3.05, 3.63) is 41.7 Å². The number of carboxylic acid groups (broad SMARTS) is 1. The minimum absolute atomic E-state index is 0.177. The Morgan fingerprint density at radius 3 is 2.56 bits per heavy atom. The molecule has 18 heavy (non-hydrogen) atoms. The van der Waals surface area contributed by atoms with E-state index in [0.717, 1.165) is 17.5 Å². The van der Waals surface area contributed by atoms with Crippen molar-refractivity contribution in [2.75, 3.05) is 6.54 Å². The molecule has 0 spiro atoms. The molecule has 2 rings (SSSR count). The Morgan fingerprint density at radius 2 is 2.06 bits per heavy atom. The summed E-state index contributed by atoms with van der Waals surface area (Å²) >= 11 is 0. The Kier molecular flexibility index (Phi) is 3.43. The lowest BCUT2D eigenvalue weighted by atomic mass is 10.1. The van der Waals surface area contributed by atoms with E-state index in [0.29, 0.717) is 12.4 Å². The molecule has 0 amide bonds. The zero-order valence-electron chi connectivity index (χ0n) is 10.1. The van der Waals surface area contributed by atoms with Crippen molar-refractivity contribution < 1.29 is 9.90 Å². The zero-order chi connectivity index (χ0) is 13.1. The van der Waals surface area contributed by atoms with Crippen LogP contribution in [-0.2, 0) is 13.5 Å². The number of aromatic carboxylic acids is 1. The SMILES string of the molecule is Cn1c(C(=O)O)cnc1-c1ccc(CCN)cc1. The number of aromatic nitrogens is 2. The summed E-state index contributed by atoms with van der Waals surface area (Å²) in [5.74, 6) is -0.331. The highest BCUT2D eigenvalue weighted by molar-refractivity contribution is 5.86. The lowest BCUT2D eigenvalue weighted by molar-refractivity contribution is 0.0686. The van der Waals surface area contributed by atoms with Crippen LogP contribution in [0.25, 0.3) is 11.4 Å². The standard InChI is InChI=1S/C13H15N3O2/c1-16-11(13(17)18)8-15-12(16)10-4-2-9(3-5-10)6-7-14/h2-5,8H,6-7,14H2,1H3,(H,17,18). The Hall–Kier alpha value is -2.14. The van der Waals surface area contributed by atoms with E-state index in [1.165, 1.54) is 6.20 Å². The smallest absolute Gasteiger partial charge is 0.354 e. The van der Waals surface area contributed by atoms with E-state index in [-0.39, 0.29) is 5.69 Å². The highest BCUT2D eigenvalue weighted by atomic mass is 16.4. The van der Waals surface area contributed by atoms with Crippen molar-refractivity contribution in [1.82, 2.24) is 9.55 Å². The molecule has 5 nitrogen and oxygen atoms in total. The number of benzene rings is 1. The quantitative estimate of drug-likeness (QED) is 0.850. The summed E-state index contributed by atoms with van der Waals surface area (Å²) in [6.07, 6.45) is 2.20. The van der Waals surface area contributed by atoms with Crippen LogP contribution in [0.1, 0.15) is 16.1 Å². The minimum Gasteiger partial charge on any atom is -0.477 e. The van der Waals surface area contributed by atoms with Crippen LogP contribution in [0, 0.1) is 0 Å². The first kappa shape index (κ1) is 12.3. The Labute approximate surface area is 105 Å². The largest absolute Gasteiger partial charge is 0.477 e. The molecule has 3 N–H and O–H groups in total. The van der Waals surface area contributed by atoms with Crippen molar-refractivity contribution >= 4 is 5.97 Å². The minimum atomic E-state index is -0.976. The molecule has 0 saturated heterocycles. The van der Waals surface area contributed by atoms with Crippen LogP contribution in [0.15, 0.2) is 30.5 Å². The predicted octanol–water partition coefficient (Wildman–Crippen LogP) is 1.29. The molecular weight excluding hydrogens is 230 g/mol. The summed E-state index contributed by atoms with van der Waals surface area (Å²) in [5.41, 5.74) is 7.72. The fraction of sp³-hybridized carbons (Fsp3) is 0.231. The van der Waals surface area contributed by atoms with Crippen molar-refractivity contribution in [2.24, 2.45) is 12.8 Å². The number of nitrogens with zero attached hydrogens (tertiary/aromatic N) is 2. The van der Waals surface area contributed by atoms with Gasteiger partial charge in [0.1, 0.15) is 11.5 Å². The van der Waals surface area contributed by atoms with Gasteiger partial charge in [-0.25, -0.2) is 9.78 Å². The molecule has 0 aliphatic carbocycles. The second-order valence-electron chi connectivity index (χ2n) is 4.07. The summed E-state index contributed by atoms with van der Waals surface area (Å²) < 4.78 is 1.57. The first-order chi connectivity index (χ1) is 8.63. The topological polar surface area (TPSA) is 81.1 Å². The molecule has 0 atom stereocenters. The average Bonchev–Trinajstić information content (AvgIpc) is 2.73. The van der Waals surface area contributed by atoms with Gasteiger partial charge in [0.05, 0.1) is 6.20 Å². The van der Waals surface area contributed by atoms with E-state index < -0.39 is 5.97 Å². The van der Waals surface area contributed by atoms with E-state index in [2.05, 4.69) is 4.98 Å². The number of nitrogens with two attached hydrogens (primary N) is 1. The predicted molar refractivity (Wildman–Crippen MR) is 68.4 cm³/mol. The second kappa shape index (κ2) is 5.01. The zero-order valence-corrected chi connectivity index (χ0v) is 10.1. The molecule has 0 radical (unpaired) electrons. The Balaban J connectivity index is 2.34. The third-order valence-corrected chi connectivity index (χ3v) is 2.85. The van der Waals surface area contributed by atoms with Gasteiger partial charge in [-0.2, -0.15) is 0 Å². The van der Waals surface area contributed by atoms with Crippen LogP contribution in [0.4, 0.5) is 0 Å². The highest BCUT2D eigenvalue weighted by Gasteiger charge is 2.13. The summed E-state index contributed by atoms with van der Waals surface area (Å²) in [6.45, 7) is 0.616. The highest BCUT2D eigenvalue weighted by Crippen LogP contribution is 2.19. The molecule has 2 aromatic rings. The Morgan fingerprint density at radius 1 is 1.39 bits per heavy atom. The molecule has 94 valence electrons. The van der Waals surface area contributed by atoms with Crippen LogP contribution in [0.5, 0.6) is 0 Å². The lowest BCUT2D eigenvalue weighted by Gasteiger charge is -2.05. The first-order valence-electron chi connectivity index (χ1n) is 5.68. The summed E-state index contributed by atoms with van der Waals surface area (Å²) in [7, 11) is 1.69. The van der Waals surface area contributed by atoms with Crippen molar-refractivity contribution in [2.45, 2.75) is 6.42 Å². The van der Waals surface area contributed by atoms with Gasteiger partial charge in [-0.15, -0.1) is 0 Å². The molecular formula is C13H15N3O2.